The highest BCUT2D eigenvalue weighted by Crippen LogP contribution is 2.35. The average molecular weight is 348 g/mol. The van der Waals surface area contributed by atoms with E-state index >= 15 is 0 Å². The van der Waals surface area contributed by atoms with Gasteiger partial charge in [-0.05, 0) is 49.4 Å². The van der Waals surface area contributed by atoms with Crippen LogP contribution in [0.3, 0.4) is 0 Å². The number of carbonyl (C=O) groups is 2. The molecule has 1 aliphatic heterocycles. The zero-order chi connectivity index (χ0) is 17.8. The van der Waals surface area contributed by atoms with Crippen LogP contribution in [0, 0.1) is 17.7 Å². The van der Waals surface area contributed by atoms with E-state index in [1.165, 1.54) is 12.1 Å². The van der Waals surface area contributed by atoms with Gasteiger partial charge in [0.05, 0.1) is 18.5 Å². The number of carboxylic acids is 1. The first kappa shape index (κ1) is 17.9. The molecule has 25 heavy (non-hydrogen) atoms. The third-order valence-corrected chi connectivity index (χ3v) is 5.41. The van der Waals surface area contributed by atoms with Gasteiger partial charge in [-0.3, -0.25) is 14.5 Å². The van der Waals surface area contributed by atoms with E-state index in [1.807, 2.05) is 4.90 Å². The summed E-state index contributed by atoms with van der Waals surface area (Å²) in [4.78, 5) is 25.4. The second kappa shape index (κ2) is 7.95. The van der Waals surface area contributed by atoms with Crippen molar-refractivity contribution in [2.75, 3.05) is 19.6 Å². The van der Waals surface area contributed by atoms with Gasteiger partial charge in [0.25, 0.3) is 0 Å². The highest BCUT2D eigenvalue weighted by atomic mass is 19.1. The van der Waals surface area contributed by atoms with Crippen molar-refractivity contribution >= 4 is 11.9 Å². The largest absolute Gasteiger partial charge is 0.481 e. The van der Waals surface area contributed by atoms with Crippen molar-refractivity contribution < 1.29 is 19.1 Å². The lowest BCUT2D eigenvalue weighted by atomic mass is 9.91. The number of nitrogens with one attached hydrogen (secondary N) is 1. The predicted octanol–water partition coefficient (Wildman–Crippen LogP) is 2.58. The third kappa shape index (κ3) is 4.57. The number of likely N-dealkylation sites (tertiary alicyclic amines) is 1. The fraction of sp³-hybridized carbons (Fsp3) is 0.579. The summed E-state index contributed by atoms with van der Waals surface area (Å²) in [6, 6.07) is 6.25. The van der Waals surface area contributed by atoms with Gasteiger partial charge >= 0.3 is 5.97 Å². The number of amides is 1. The molecule has 1 aromatic carbocycles. The Morgan fingerprint density at radius 1 is 1.20 bits per heavy atom. The second-order valence-electron chi connectivity index (χ2n) is 7.20. The van der Waals surface area contributed by atoms with Gasteiger partial charge in [0.1, 0.15) is 5.82 Å². The number of carbonyl (C=O) groups excluding carboxylic acids is 1. The van der Waals surface area contributed by atoms with Crippen molar-refractivity contribution in [1.82, 2.24) is 10.2 Å². The molecule has 1 aliphatic carbocycles. The van der Waals surface area contributed by atoms with Crippen LogP contribution in [0.4, 0.5) is 4.39 Å². The van der Waals surface area contributed by atoms with Gasteiger partial charge in [0.2, 0.25) is 5.91 Å². The summed E-state index contributed by atoms with van der Waals surface area (Å²) in [6.45, 7) is 1.27. The lowest BCUT2D eigenvalue weighted by Gasteiger charge is -2.26. The highest BCUT2D eigenvalue weighted by Gasteiger charge is 2.31. The van der Waals surface area contributed by atoms with Crippen molar-refractivity contribution in [3.8, 4) is 0 Å². The number of halogens is 1. The first-order valence-corrected chi connectivity index (χ1v) is 9.03. The predicted molar refractivity (Wildman–Crippen MR) is 91.4 cm³/mol. The zero-order valence-electron chi connectivity index (χ0n) is 14.3. The first-order valence-electron chi connectivity index (χ1n) is 9.03. The van der Waals surface area contributed by atoms with E-state index in [-0.39, 0.29) is 30.2 Å². The Morgan fingerprint density at radius 2 is 1.88 bits per heavy atom. The monoisotopic (exact) mass is 348 g/mol. The maximum Gasteiger partial charge on any atom is 0.307 e. The highest BCUT2D eigenvalue weighted by molar-refractivity contribution is 5.79. The summed E-state index contributed by atoms with van der Waals surface area (Å²) >= 11 is 0. The fourth-order valence-corrected chi connectivity index (χ4v) is 4.03. The molecule has 1 amide bonds. The zero-order valence-corrected chi connectivity index (χ0v) is 14.3. The summed E-state index contributed by atoms with van der Waals surface area (Å²) in [7, 11) is 0. The Balaban J connectivity index is 1.62. The average Bonchev–Trinajstić information content (AvgIpc) is 3.25. The van der Waals surface area contributed by atoms with Gasteiger partial charge < -0.3 is 10.4 Å². The van der Waals surface area contributed by atoms with E-state index in [0.29, 0.717) is 25.4 Å². The summed E-state index contributed by atoms with van der Waals surface area (Å²) < 4.78 is 13.2. The Labute approximate surface area is 147 Å². The number of benzene rings is 1. The summed E-state index contributed by atoms with van der Waals surface area (Å²) in [5.74, 6) is -1.17. The van der Waals surface area contributed by atoms with Crippen LogP contribution in [0.15, 0.2) is 24.3 Å². The quantitative estimate of drug-likeness (QED) is 0.829. The van der Waals surface area contributed by atoms with Crippen LogP contribution in [0.5, 0.6) is 0 Å². The normalized spacial score (nSPS) is 22.8. The number of hydrogen-bond donors (Lipinski definition) is 2. The van der Waals surface area contributed by atoms with Gasteiger partial charge in [0.15, 0.2) is 0 Å². The topological polar surface area (TPSA) is 69.6 Å². The van der Waals surface area contributed by atoms with E-state index in [4.69, 9.17) is 5.11 Å². The Hall–Kier alpha value is -1.95. The van der Waals surface area contributed by atoms with Crippen molar-refractivity contribution in [2.45, 2.75) is 38.1 Å². The minimum atomic E-state index is -0.793. The number of carboxylic acid groups (broad SMARTS) is 1. The molecule has 0 aromatic heterocycles. The van der Waals surface area contributed by atoms with Gasteiger partial charge in [-0.15, -0.1) is 0 Å². The molecule has 0 spiro atoms. The van der Waals surface area contributed by atoms with Crippen molar-refractivity contribution in [1.29, 1.82) is 0 Å². The van der Waals surface area contributed by atoms with Crippen LogP contribution in [-0.2, 0) is 9.59 Å². The van der Waals surface area contributed by atoms with Crippen LogP contribution >= 0.6 is 0 Å². The minimum Gasteiger partial charge on any atom is -0.481 e. The van der Waals surface area contributed by atoms with Crippen LogP contribution in [0.25, 0.3) is 0 Å². The lowest BCUT2D eigenvalue weighted by Crippen LogP contribution is -2.40. The minimum absolute atomic E-state index is 0.0905. The second-order valence-corrected chi connectivity index (χ2v) is 7.20. The summed E-state index contributed by atoms with van der Waals surface area (Å²) in [5, 5.41) is 12.2. The van der Waals surface area contributed by atoms with E-state index < -0.39 is 5.97 Å². The Kier molecular flexibility index (Phi) is 5.68. The molecule has 1 aromatic rings. The van der Waals surface area contributed by atoms with Crippen molar-refractivity contribution in [3.63, 3.8) is 0 Å². The lowest BCUT2D eigenvalue weighted by molar-refractivity contribution is -0.141. The molecule has 136 valence electrons. The molecule has 2 aliphatic rings. The number of nitrogens with zero attached hydrogens (tertiary/aromatic N) is 1. The fourth-order valence-electron chi connectivity index (χ4n) is 4.03. The number of hydrogen-bond acceptors (Lipinski definition) is 3. The first-order chi connectivity index (χ1) is 12.0. The number of aliphatic carboxylic acids is 1. The molecule has 1 heterocycles. The van der Waals surface area contributed by atoms with Gasteiger partial charge in [-0.25, -0.2) is 4.39 Å². The van der Waals surface area contributed by atoms with E-state index in [2.05, 4.69) is 5.32 Å². The molecule has 3 rings (SSSR count). The van der Waals surface area contributed by atoms with Crippen LogP contribution in [0.2, 0.25) is 0 Å². The maximum atomic E-state index is 13.2. The third-order valence-electron chi connectivity index (χ3n) is 5.41. The molecule has 6 heteroatoms. The molecule has 2 fully saturated rings. The molecule has 2 unspecified atom stereocenters. The maximum absolute atomic E-state index is 13.2. The molecule has 5 nitrogen and oxygen atoms in total. The smallest absolute Gasteiger partial charge is 0.307 e. The Morgan fingerprint density at radius 3 is 2.48 bits per heavy atom. The van der Waals surface area contributed by atoms with Crippen molar-refractivity contribution in [2.24, 2.45) is 11.8 Å². The molecular formula is C19H25FN2O3. The van der Waals surface area contributed by atoms with Crippen LogP contribution in [0.1, 0.15) is 43.7 Å². The molecule has 2 atom stereocenters. The SMILES string of the molecule is O=C(CN1CCC(C(=O)O)C1)NC(c1ccc(F)cc1)C1CCCC1. The molecule has 1 saturated heterocycles. The van der Waals surface area contributed by atoms with Gasteiger partial charge in [0, 0.05) is 6.54 Å². The summed E-state index contributed by atoms with van der Waals surface area (Å²) in [5.41, 5.74) is 0.937. The Bertz CT molecular complexity index is 614. The number of rotatable bonds is 6. The molecular weight excluding hydrogens is 323 g/mol. The standard InChI is InChI=1S/C19H25FN2O3/c20-16-7-5-14(6-8-16)18(13-3-1-2-4-13)21-17(23)12-22-10-9-15(11-22)19(24)25/h5-8,13,15,18H,1-4,9-12H2,(H,21,23)(H,24,25). The summed E-state index contributed by atoms with van der Waals surface area (Å²) in [6.07, 6.45) is 5.03. The molecule has 0 bridgehead atoms. The van der Waals surface area contributed by atoms with Crippen molar-refractivity contribution in [3.05, 3.63) is 35.6 Å². The molecule has 2 N–H and O–H groups in total. The van der Waals surface area contributed by atoms with Gasteiger partial charge in [-0.1, -0.05) is 25.0 Å². The molecule has 1 saturated carbocycles. The van der Waals surface area contributed by atoms with E-state index in [1.54, 1.807) is 12.1 Å². The van der Waals surface area contributed by atoms with Gasteiger partial charge in [-0.2, -0.15) is 0 Å². The van der Waals surface area contributed by atoms with E-state index in [9.17, 15) is 14.0 Å². The van der Waals surface area contributed by atoms with E-state index in [0.717, 1.165) is 31.2 Å². The van der Waals surface area contributed by atoms with Crippen LogP contribution < -0.4 is 5.32 Å². The van der Waals surface area contributed by atoms with Crippen LogP contribution in [-0.4, -0.2) is 41.5 Å². The molecule has 0 radical (unpaired) electrons.